The Morgan fingerprint density at radius 2 is 2.17 bits per heavy atom. The second kappa shape index (κ2) is 9.48. The second-order valence-corrected chi connectivity index (χ2v) is 7.32. The minimum Gasteiger partial charge on any atom is -0.493 e. The van der Waals surface area contributed by atoms with Gasteiger partial charge in [-0.2, -0.15) is 18.3 Å². The molecule has 0 radical (unpaired) electrons. The molecular formula is C20H25F3N4O3. The molecule has 0 bridgehead atoms. The van der Waals surface area contributed by atoms with Gasteiger partial charge in [0.05, 0.1) is 31.0 Å². The lowest BCUT2D eigenvalue weighted by Crippen LogP contribution is -2.44. The summed E-state index contributed by atoms with van der Waals surface area (Å²) in [5.74, 6) is 0.200. The first kappa shape index (κ1) is 22.1. The summed E-state index contributed by atoms with van der Waals surface area (Å²) in [7, 11) is 3.45. The van der Waals surface area contributed by atoms with Crippen LogP contribution < -0.4 is 4.74 Å². The summed E-state index contributed by atoms with van der Waals surface area (Å²) in [6.45, 7) is 2.28. The van der Waals surface area contributed by atoms with Gasteiger partial charge in [0.2, 0.25) is 5.91 Å². The van der Waals surface area contributed by atoms with E-state index in [-0.39, 0.29) is 24.4 Å². The third kappa shape index (κ3) is 5.96. The second-order valence-electron chi connectivity index (χ2n) is 7.32. The van der Waals surface area contributed by atoms with Crippen molar-refractivity contribution in [1.82, 2.24) is 20.0 Å². The molecule has 0 saturated carbocycles. The smallest absolute Gasteiger partial charge is 0.416 e. The molecule has 0 spiro atoms. The number of hydrogen-bond donors (Lipinski definition) is 1. The fraction of sp³-hybridized carbons (Fsp3) is 0.500. The lowest BCUT2D eigenvalue weighted by atomic mass is 10.2. The number of rotatable bonds is 7. The van der Waals surface area contributed by atoms with Crippen molar-refractivity contribution in [3.63, 3.8) is 0 Å². The molecule has 0 aliphatic carbocycles. The van der Waals surface area contributed by atoms with Crippen molar-refractivity contribution in [3.05, 3.63) is 47.3 Å². The maximum Gasteiger partial charge on any atom is 0.416 e. The van der Waals surface area contributed by atoms with Gasteiger partial charge in [-0.3, -0.25) is 14.8 Å². The molecule has 1 aliphatic heterocycles. The Balaban J connectivity index is 1.51. The van der Waals surface area contributed by atoms with Crippen molar-refractivity contribution in [2.75, 3.05) is 46.9 Å². The minimum absolute atomic E-state index is 0.0325. The quantitative estimate of drug-likeness (QED) is 0.737. The van der Waals surface area contributed by atoms with Crippen molar-refractivity contribution in [3.8, 4) is 5.75 Å². The van der Waals surface area contributed by atoms with Crippen LogP contribution in [0.1, 0.15) is 23.1 Å². The Morgan fingerprint density at radius 3 is 2.90 bits per heavy atom. The summed E-state index contributed by atoms with van der Waals surface area (Å²) in [6, 6.07) is 6.66. The minimum atomic E-state index is -4.40. The van der Waals surface area contributed by atoms with Crippen LogP contribution in [0.4, 0.5) is 13.2 Å². The molecule has 1 saturated heterocycles. The van der Waals surface area contributed by atoms with E-state index in [0.717, 1.165) is 23.5 Å². The number of alkyl halides is 3. The number of amides is 1. The maximum absolute atomic E-state index is 12.8. The number of H-pyrrole nitrogens is 1. The van der Waals surface area contributed by atoms with E-state index in [0.29, 0.717) is 32.7 Å². The van der Waals surface area contributed by atoms with E-state index in [9.17, 15) is 18.0 Å². The molecular weight excluding hydrogens is 401 g/mol. The van der Waals surface area contributed by atoms with Crippen LogP contribution in [-0.4, -0.2) is 72.8 Å². The number of morpholine rings is 1. The molecule has 1 atom stereocenters. The Labute approximate surface area is 172 Å². The highest BCUT2D eigenvalue weighted by Gasteiger charge is 2.30. The van der Waals surface area contributed by atoms with Gasteiger partial charge in [-0.25, -0.2) is 0 Å². The van der Waals surface area contributed by atoms with Gasteiger partial charge in [-0.05, 0) is 24.3 Å². The van der Waals surface area contributed by atoms with Crippen LogP contribution in [0.2, 0.25) is 0 Å². The van der Waals surface area contributed by atoms with E-state index in [4.69, 9.17) is 9.47 Å². The predicted octanol–water partition coefficient (Wildman–Crippen LogP) is 2.51. The first-order chi connectivity index (χ1) is 14.2. The lowest BCUT2D eigenvalue weighted by molar-refractivity contribution is -0.137. The molecule has 3 rings (SSSR count). The average Bonchev–Trinajstić information content (AvgIpc) is 3.17. The number of nitrogens with one attached hydrogen (secondary N) is 1. The normalized spacial score (nSPS) is 17.7. The van der Waals surface area contributed by atoms with Crippen LogP contribution in [-0.2, 0) is 22.1 Å². The number of nitrogens with zero attached hydrogens (tertiary/aromatic N) is 3. The zero-order valence-electron chi connectivity index (χ0n) is 16.9. The number of carbonyl (C=O) groups excluding carboxylic acids is 1. The molecule has 1 aromatic carbocycles. The van der Waals surface area contributed by atoms with Gasteiger partial charge in [0.1, 0.15) is 11.9 Å². The third-order valence-electron chi connectivity index (χ3n) is 4.79. The zero-order valence-corrected chi connectivity index (χ0v) is 16.9. The van der Waals surface area contributed by atoms with E-state index in [1.807, 2.05) is 11.0 Å². The van der Waals surface area contributed by atoms with Crippen LogP contribution in [0, 0.1) is 0 Å². The molecule has 1 N–H and O–H groups in total. The summed E-state index contributed by atoms with van der Waals surface area (Å²) >= 11 is 0. The molecule has 2 aromatic rings. The van der Waals surface area contributed by atoms with Crippen LogP contribution >= 0.6 is 0 Å². The predicted molar refractivity (Wildman–Crippen MR) is 103 cm³/mol. The number of aromatic amines is 1. The fourth-order valence-electron chi connectivity index (χ4n) is 3.07. The van der Waals surface area contributed by atoms with E-state index in [1.165, 1.54) is 12.1 Å². The number of aromatic nitrogens is 2. The summed E-state index contributed by atoms with van der Waals surface area (Å²) in [6.07, 6.45) is -4.19. The van der Waals surface area contributed by atoms with Gasteiger partial charge in [0, 0.05) is 39.3 Å². The number of halogens is 3. The van der Waals surface area contributed by atoms with E-state index in [1.54, 1.807) is 19.0 Å². The number of hydrogen-bond acceptors (Lipinski definition) is 5. The molecule has 164 valence electrons. The monoisotopic (exact) mass is 426 g/mol. The summed E-state index contributed by atoms with van der Waals surface area (Å²) in [4.78, 5) is 15.5. The average molecular weight is 426 g/mol. The highest BCUT2D eigenvalue weighted by Crippen LogP contribution is 2.31. The zero-order chi connectivity index (χ0) is 21.7. The highest BCUT2D eigenvalue weighted by molar-refractivity contribution is 5.77. The fourth-order valence-corrected chi connectivity index (χ4v) is 3.07. The molecule has 1 unspecified atom stereocenters. The van der Waals surface area contributed by atoms with Crippen molar-refractivity contribution in [1.29, 1.82) is 0 Å². The van der Waals surface area contributed by atoms with Gasteiger partial charge in [-0.15, -0.1) is 0 Å². The first-order valence-corrected chi connectivity index (χ1v) is 9.60. The molecule has 1 aliphatic rings. The van der Waals surface area contributed by atoms with Gasteiger partial charge in [-0.1, -0.05) is 6.07 Å². The van der Waals surface area contributed by atoms with Crippen molar-refractivity contribution in [2.24, 2.45) is 0 Å². The highest BCUT2D eigenvalue weighted by atomic mass is 19.4. The molecule has 2 heterocycles. The van der Waals surface area contributed by atoms with Crippen LogP contribution in [0.25, 0.3) is 0 Å². The molecule has 10 heteroatoms. The van der Waals surface area contributed by atoms with Gasteiger partial charge >= 0.3 is 6.18 Å². The standard InChI is InChI=1S/C20H25F3N4O3/c1-26(2)19(28)13-27-7-9-30-18(12-27)17-11-15(24-25-17)6-8-29-16-5-3-4-14(10-16)20(21,22)23/h3-5,10-11,18H,6-9,12-13H2,1-2H3,(H,24,25). The molecule has 7 nitrogen and oxygen atoms in total. The SMILES string of the molecule is CN(C)C(=O)CN1CCOC(c2cc(CCOc3cccc(C(F)(F)F)c3)[nH]n2)C1. The number of likely N-dealkylation sites (N-methyl/N-ethyl adjacent to an activating group) is 1. The lowest BCUT2D eigenvalue weighted by Gasteiger charge is -2.32. The van der Waals surface area contributed by atoms with Gasteiger partial charge in [0.15, 0.2) is 0 Å². The summed E-state index contributed by atoms with van der Waals surface area (Å²) < 4.78 is 49.5. The molecule has 1 amide bonds. The van der Waals surface area contributed by atoms with E-state index in [2.05, 4.69) is 10.2 Å². The first-order valence-electron chi connectivity index (χ1n) is 9.60. The van der Waals surface area contributed by atoms with E-state index >= 15 is 0 Å². The van der Waals surface area contributed by atoms with Crippen LogP contribution in [0.3, 0.4) is 0 Å². The van der Waals surface area contributed by atoms with Crippen LogP contribution in [0.5, 0.6) is 5.75 Å². The number of ether oxygens (including phenoxy) is 2. The van der Waals surface area contributed by atoms with E-state index < -0.39 is 11.7 Å². The summed E-state index contributed by atoms with van der Waals surface area (Å²) in [5, 5.41) is 7.20. The van der Waals surface area contributed by atoms with Crippen LogP contribution in [0.15, 0.2) is 30.3 Å². The Morgan fingerprint density at radius 1 is 1.37 bits per heavy atom. The van der Waals surface area contributed by atoms with Crippen molar-refractivity contribution >= 4 is 5.91 Å². The largest absolute Gasteiger partial charge is 0.493 e. The molecule has 1 fully saturated rings. The molecule has 1 aromatic heterocycles. The Hall–Kier alpha value is -2.59. The van der Waals surface area contributed by atoms with Crippen molar-refractivity contribution in [2.45, 2.75) is 18.7 Å². The summed E-state index contributed by atoms with van der Waals surface area (Å²) in [5.41, 5.74) is 0.781. The number of benzene rings is 1. The maximum atomic E-state index is 12.8. The van der Waals surface area contributed by atoms with Gasteiger partial charge in [0.25, 0.3) is 0 Å². The topological polar surface area (TPSA) is 70.7 Å². The Bertz CT molecular complexity index is 854. The third-order valence-corrected chi connectivity index (χ3v) is 4.79. The molecule has 30 heavy (non-hydrogen) atoms. The van der Waals surface area contributed by atoms with Crippen molar-refractivity contribution < 1.29 is 27.4 Å². The van der Waals surface area contributed by atoms with Gasteiger partial charge < -0.3 is 14.4 Å². The number of carbonyl (C=O) groups is 1. The Kier molecular flexibility index (Phi) is 6.99.